The van der Waals surface area contributed by atoms with Crippen LogP contribution in [0.4, 0.5) is 0 Å². The monoisotopic (exact) mass is 202 g/mol. The Balaban J connectivity index is 2.59. The van der Waals surface area contributed by atoms with Crippen molar-refractivity contribution in [3.05, 3.63) is 41.6 Å². The number of benzene rings is 1. The average Bonchev–Trinajstić information content (AvgIpc) is 2.65. The van der Waals surface area contributed by atoms with Gasteiger partial charge in [0.25, 0.3) is 0 Å². The lowest BCUT2D eigenvalue weighted by molar-refractivity contribution is 0.281. The maximum Gasteiger partial charge on any atom is 0.0684 e. The van der Waals surface area contributed by atoms with Gasteiger partial charge in [-0.2, -0.15) is 5.10 Å². The van der Waals surface area contributed by atoms with Gasteiger partial charge >= 0.3 is 0 Å². The first-order chi connectivity index (χ1) is 7.24. The van der Waals surface area contributed by atoms with E-state index in [0.717, 1.165) is 22.4 Å². The zero-order valence-corrected chi connectivity index (χ0v) is 8.94. The van der Waals surface area contributed by atoms with Crippen molar-refractivity contribution in [1.29, 1.82) is 0 Å². The van der Waals surface area contributed by atoms with Crippen molar-refractivity contribution in [2.24, 2.45) is 7.05 Å². The van der Waals surface area contributed by atoms with E-state index in [1.54, 1.807) is 6.20 Å². The van der Waals surface area contributed by atoms with Gasteiger partial charge < -0.3 is 5.11 Å². The fourth-order valence-electron chi connectivity index (χ4n) is 1.77. The smallest absolute Gasteiger partial charge is 0.0684 e. The van der Waals surface area contributed by atoms with Gasteiger partial charge in [-0.1, -0.05) is 18.2 Å². The summed E-state index contributed by atoms with van der Waals surface area (Å²) in [6.45, 7) is 2.10. The quantitative estimate of drug-likeness (QED) is 0.807. The fourth-order valence-corrected chi connectivity index (χ4v) is 1.77. The third-order valence-corrected chi connectivity index (χ3v) is 2.71. The zero-order valence-electron chi connectivity index (χ0n) is 8.94. The Morgan fingerprint density at radius 1 is 1.33 bits per heavy atom. The Labute approximate surface area is 89.0 Å². The number of aliphatic hydroxyl groups excluding tert-OH is 1. The van der Waals surface area contributed by atoms with Crippen molar-refractivity contribution in [1.82, 2.24) is 9.78 Å². The largest absolute Gasteiger partial charge is 0.392 e. The molecule has 0 aliphatic heterocycles. The normalized spacial score (nSPS) is 10.6. The molecule has 0 radical (unpaired) electrons. The highest BCUT2D eigenvalue weighted by Gasteiger charge is 2.07. The van der Waals surface area contributed by atoms with Crippen molar-refractivity contribution in [3.63, 3.8) is 0 Å². The fraction of sp³-hybridized carbons (Fsp3) is 0.250. The minimum atomic E-state index is 0.0809. The molecular formula is C12H14N2O. The molecule has 0 atom stereocenters. The molecule has 0 fully saturated rings. The van der Waals surface area contributed by atoms with Gasteiger partial charge in [-0.15, -0.1) is 0 Å². The summed E-state index contributed by atoms with van der Waals surface area (Å²) in [4.78, 5) is 0. The molecule has 2 rings (SSSR count). The first kappa shape index (κ1) is 9.93. The highest BCUT2D eigenvalue weighted by Crippen LogP contribution is 2.24. The minimum absolute atomic E-state index is 0.0809. The van der Waals surface area contributed by atoms with Crippen LogP contribution in [0.1, 0.15) is 11.1 Å². The van der Waals surface area contributed by atoms with Crippen molar-refractivity contribution < 1.29 is 5.11 Å². The molecule has 0 saturated carbocycles. The lowest BCUT2D eigenvalue weighted by atomic mass is 10.0. The molecule has 0 aliphatic rings. The minimum Gasteiger partial charge on any atom is -0.392 e. The molecule has 0 aliphatic carbocycles. The van der Waals surface area contributed by atoms with Gasteiger partial charge in [0.05, 0.1) is 12.3 Å². The van der Waals surface area contributed by atoms with Gasteiger partial charge in [0.1, 0.15) is 0 Å². The van der Waals surface area contributed by atoms with Crippen molar-refractivity contribution in [3.8, 4) is 11.3 Å². The van der Waals surface area contributed by atoms with Gasteiger partial charge in [-0.05, 0) is 24.1 Å². The Morgan fingerprint density at radius 2 is 2.13 bits per heavy atom. The second kappa shape index (κ2) is 3.87. The average molecular weight is 202 g/mol. The van der Waals surface area contributed by atoms with Gasteiger partial charge in [0.15, 0.2) is 0 Å². The summed E-state index contributed by atoms with van der Waals surface area (Å²) in [5.74, 6) is 0. The predicted octanol–water partition coefficient (Wildman–Crippen LogP) is 1.89. The number of hydrogen-bond donors (Lipinski definition) is 1. The van der Waals surface area contributed by atoms with E-state index in [2.05, 4.69) is 5.10 Å². The molecular weight excluding hydrogens is 188 g/mol. The summed E-state index contributed by atoms with van der Waals surface area (Å²) in [6.07, 6.45) is 1.78. The predicted molar refractivity (Wildman–Crippen MR) is 59.3 cm³/mol. The number of hydrogen-bond acceptors (Lipinski definition) is 2. The van der Waals surface area contributed by atoms with Crippen molar-refractivity contribution in [2.45, 2.75) is 13.5 Å². The first-order valence-electron chi connectivity index (χ1n) is 4.91. The first-order valence-corrected chi connectivity index (χ1v) is 4.91. The molecule has 0 saturated heterocycles. The highest BCUT2D eigenvalue weighted by molar-refractivity contribution is 5.65. The maximum atomic E-state index is 9.19. The van der Waals surface area contributed by atoms with E-state index < -0.39 is 0 Å². The van der Waals surface area contributed by atoms with Crippen molar-refractivity contribution >= 4 is 0 Å². The molecule has 0 unspecified atom stereocenters. The van der Waals surface area contributed by atoms with Crippen LogP contribution in [0.25, 0.3) is 11.3 Å². The van der Waals surface area contributed by atoms with Crippen LogP contribution >= 0.6 is 0 Å². The summed E-state index contributed by atoms with van der Waals surface area (Å²) < 4.78 is 1.84. The van der Waals surface area contributed by atoms with Gasteiger partial charge in [0, 0.05) is 18.8 Å². The molecule has 1 aromatic carbocycles. The Bertz CT molecular complexity index is 474. The molecule has 3 heteroatoms. The van der Waals surface area contributed by atoms with Gasteiger partial charge in [0.2, 0.25) is 0 Å². The molecule has 0 amide bonds. The lowest BCUT2D eigenvalue weighted by Gasteiger charge is -2.09. The summed E-state index contributed by atoms with van der Waals surface area (Å²) >= 11 is 0. The van der Waals surface area contributed by atoms with E-state index in [4.69, 9.17) is 0 Å². The number of aryl methyl sites for hydroxylation is 1. The number of rotatable bonds is 2. The Kier molecular flexibility index (Phi) is 2.56. The van der Waals surface area contributed by atoms with Crippen LogP contribution in [-0.2, 0) is 13.7 Å². The van der Waals surface area contributed by atoms with Crippen molar-refractivity contribution in [2.75, 3.05) is 0 Å². The van der Waals surface area contributed by atoms with Crippen LogP contribution in [0.3, 0.4) is 0 Å². The van der Waals surface area contributed by atoms with E-state index in [-0.39, 0.29) is 6.61 Å². The third kappa shape index (κ3) is 1.66. The molecule has 15 heavy (non-hydrogen) atoms. The van der Waals surface area contributed by atoms with E-state index in [0.29, 0.717) is 0 Å². The van der Waals surface area contributed by atoms with Crippen LogP contribution < -0.4 is 0 Å². The molecule has 2 aromatic rings. The topological polar surface area (TPSA) is 38.1 Å². The molecule has 78 valence electrons. The second-order valence-corrected chi connectivity index (χ2v) is 3.59. The Morgan fingerprint density at radius 3 is 2.73 bits per heavy atom. The lowest BCUT2D eigenvalue weighted by Crippen LogP contribution is -1.97. The van der Waals surface area contributed by atoms with E-state index in [1.165, 1.54) is 0 Å². The summed E-state index contributed by atoms with van der Waals surface area (Å²) in [6, 6.07) is 7.92. The van der Waals surface area contributed by atoms with E-state index in [1.807, 2.05) is 42.9 Å². The molecule has 1 heterocycles. The van der Waals surface area contributed by atoms with Crippen LogP contribution in [-0.4, -0.2) is 14.9 Å². The molecule has 0 bridgehead atoms. The number of aromatic nitrogens is 2. The van der Waals surface area contributed by atoms with Crippen LogP contribution in [0.15, 0.2) is 30.5 Å². The summed E-state index contributed by atoms with van der Waals surface area (Å²) in [7, 11) is 1.92. The maximum absolute atomic E-state index is 9.19. The second-order valence-electron chi connectivity index (χ2n) is 3.59. The van der Waals surface area contributed by atoms with Gasteiger partial charge in [-0.25, -0.2) is 0 Å². The molecule has 1 N–H and O–H groups in total. The third-order valence-electron chi connectivity index (χ3n) is 2.71. The van der Waals surface area contributed by atoms with Crippen LogP contribution in [0.2, 0.25) is 0 Å². The Hall–Kier alpha value is -1.61. The molecule has 0 spiro atoms. The van der Waals surface area contributed by atoms with E-state index >= 15 is 0 Å². The molecule has 1 aromatic heterocycles. The number of aliphatic hydroxyl groups is 1. The standard InChI is InChI=1S/C12H14N2O/c1-9-10(8-15)4-3-5-11(9)12-6-7-13-14(12)2/h3-7,15H,8H2,1-2H3. The number of nitrogens with zero attached hydrogens (tertiary/aromatic N) is 2. The summed E-state index contributed by atoms with van der Waals surface area (Å²) in [5.41, 5.74) is 4.28. The van der Waals surface area contributed by atoms with Crippen LogP contribution in [0, 0.1) is 6.92 Å². The molecule has 3 nitrogen and oxygen atoms in total. The summed E-state index contributed by atoms with van der Waals surface area (Å²) in [5, 5.41) is 13.3. The zero-order chi connectivity index (χ0) is 10.8. The SMILES string of the molecule is Cc1c(CO)cccc1-c1ccnn1C. The van der Waals surface area contributed by atoms with E-state index in [9.17, 15) is 5.11 Å². The van der Waals surface area contributed by atoms with Crippen LogP contribution in [0.5, 0.6) is 0 Å². The van der Waals surface area contributed by atoms with Gasteiger partial charge in [-0.3, -0.25) is 4.68 Å². The highest BCUT2D eigenvalue weighted by atomic mass is 16.3.